The second-order valence-corrected chi connectivity index (χ2v) is 6.66. The van der Waals surface area contributed by atoms with Gasteiger partial charge in [-0.3, -0.25) is 14.4 Å². The molecule has 0 amide bonds. The van der Waals surface area contributed by atoms with Crippen molar-refractivity contribution in [2.24, 2.45) is 29.4 Å². The summed E-state index contributed by atoms with van der Waals surface area (Å²) in [6.07, 6.45) is 0.00102. The number of halogens is 1. The first kappa shape index (κ1) is 23.6. The van der Waals surface area contributed by atoms with Gasteiger partial charge in [0.05, 0.1) is 18.4 Å². The van der Waals surface area contributed by atoms with Crippen LogP contribution in [0.4, 0.5) is 0 Å². The van der Waals surface area contributed by atoms with Gasteiger partial charge in [-0.1, -0.05) is 13.8 Å². The lowest BCUT2D eigenvalue weighted by atomic mass is 9.77. The Labute approximate surface area is 153 Å². The molecule has 2 unspecified atom stereocenters. The summed E-state index contributed by atoms with van der Waals surface area (Å²) in [6.45, 7) is 5.06. The highest BCUT2D eigenvalue weighted by Crippen LogP contribution is 2.32. The van der Waals surface area contributed by atoms with Gasteiger partial charge in [-0.25, -0.2) is 0 Å². The van der Waals surface area contributed by atoms with Crippen LogP contribution in [0.1, 0.15) is 33.6 Å². The van der Waals surface area contributed by atoms with Gasteiger partial charge in [0.15, 0.2) is 0 Å². The van der Waals surface area contributed by atoms with E-state index in [1.54, 1.807) is 20.8 Å². The summed E-state index contributed by atoms with van der Waals surface area (Å²) < 4.78 is 10.8. The van der Waals surface area contributed by atoms with Gasteiger partial charge in [0.2, 0.25) is 0 Å². The van der Waals surface area contributed by atoms with Crippen LogP contribution in [0.25, 0.3) is 0 Å². The molecule has 1 fully saturated rings. The van der Waals surface area contributed by atoms with Crippen LogP contribution in [0.3, 0.4) is 0 Å². The van der Waals surface area contributed by atoms with Gasteiger partial charge < -0.3 is 25.4 Å². The molecule has 0 bridgehead atoms. The molecule has 1 aliphatic heterocycles. The van der Waals surface area contributed by atoms with Gasteiger partial charge in [0.1, 0.15) is 12.1 Å². The van der Waals surface area contributed by atoms with Crippen molar-refractivity contribution in [2.45, 2.75) is 45.8 Å². The van der Waals surface area contributed by atoms with Crippen LogP contribution >= 0.6 is 12.4 Å². The maximum Gasteiger partial charge on any atom is 0.325 e. The molecule has 0 aromatic heterocycles. The number of aliphatic carboxylic acids is 2. The molecule has 0 aromatic carbocycles. The molecular weight excluding hydrogens is 354 g/mol. The van der Waals surface area contributed by atoms with Crippen molar-refractivity contribution in [3.8, 4) is 0 Å². The molecule has 0 saturated carbocycles. The Morgan fingerprint density at radius 1 is 1.16 bits per heavy atom. The second kappa shape index (κ2) is 10.6. The largest absolute Gasteiger partial charge is 0.481 e. The highest BCUT2D eigenvalue weighted by atomic mass is 35.5. The van der Waals surface area contributed by atoms with E-state index in [2.05, 4.69) is 0 Å². The van der Waals surface area contributed by atoms with Crippen molar-refractivity contribution >= 4 is 30.3 Å². The lowest BCUT2D eigenvalue weighted by Gasteiger charge is -2.32. The zero-order chi connectivity index (χ0) is 18.4. The minimum Gasteiger partial charge on any atom is -0.481 e. The van der Waals surface area contributed by atoms with Gasteiger partial charge >= 0.3 is 17.9 Å². The SMILES string of the molecule is CC(C[C@@H]1COC[C@H](N)C(=O)O[C@@H](C)[C@H]1CC(C)C(=O)O)C(=O)O.Cl. The monoisotopic (exact) mass is 381 g/mol. The first-order valence-electron chi connectivity index (χ1n) is 8.12. The molecule has 146 valence electrons. The standard InChI is InChI=1S/C16H27NO7.ClH/c1-8(14(18)19)4-11-6-23-7-13(17)16(22)24-10(3)12(11)5-9(2)15(20)21;/h8-13H,4-7,17H2,1-3H3,(H,18,19)(H,20,21);1H/t8?,9?,10-,11+,12+,13-;/m0./s1. The van der Waals surface area contributed by atoms with Gasteiger partial charge in [-0.2, -0.15) is 0 Å². The van der Waals surface area contributed by atoms with Gasteiger partial charge in [0.25, 0.3) is 0 Å². The summed E-state index contributed by atoms with van der Waals surface area (Å²) in [7, 11) is 0. The predicted octanol–water partition coefficient (Wildman–Crippen LogP) is 1.15. The number of esters is 1. The summed E-state index contributed by atoms with van der Waals surface area (Å²) in [5, 5.41) is 18.3. The molecule has 25 heavy (non-hydrogen) atoms. The molecule has 0 spiro atoms. The maximum absolute atomic E-state index is 11.9. The Balaban J connectivity index is 0.00000576. The number of ether oxygens (including phenoxy) is 2. The fourth-order valence-corrected chi connectivity index (χ4v) is 2.97. The topological polar surface area (TPSA) is 136 Å². The Kier molecular flexibility index (Phi) is 9.99. The molecule has 0 radical (unpaired) electrons. The highest BCUT2D eigenvalue weighted by molar-refractivity contribution is 5.85. The second-order valence-electron chi connectivity index (χ2n) is 6.66. The minimum atomic E-state index is -0.948. The number of carbonyl (C=O) groups excluding carboxylic acids is 1. The zero-order valence-electron chi connectivity index (χ0n) is 14.7. The van der Waals surface area contributed by atoms with Gasteiger partial charge in [-0.05, 0) is 25.7 Å². The van der Waals surface area contributed by atoms with E-state index >= 15 is 0 Å². The predicted molar refractivity (Wildman–Crippen MR) is 91.4 cm³/mol. The fourth-order valence-electron chi connectivity index (χ4n) is 2.97. The van der Waals surface area contributed by atoms with Crippen molar-refractivity contribution in [3.63, 3.8) is 0 Å². The van der Waals surface area contributed by atoms with Crippen LogP contribution in [-0.2, 0) is 23.9 Å². The lowest BCUT2D eigenvalue weighted by Crippen LogP contribution is -2.39. The van der Waals surface area contributed by atoms with E-state index in [0.29, 0.717) is 6.42 Å². The number of carbonyl (C=O) groups is 3. The van der Waals surface area contributed by atoms with Crippen LogP contribution in [0.2, 0.25) is 0 Å². The number of carboxylic acid groups (broad SMARTS) is 2. The lowest BCUT2D eigenvalue weighted by molar-refractivity contribution is -0.154. The summed E-state index contributed by atoms with van der Waals surface area (Å²) in [5.41, 5.74) is 5.68. The first-order valence-corrected chi connectivity index (χ1v) is 8.12. The van der Waals surface area contributed by atoms with E-state index in [9.17, 15) is 19.5 Å². The normalized spacial score (nSPS) is 29.8. The summed E-state index contributed by atoms with van der Waals surface area (Å²) in [4.78, 5) is 34.3. The van der Waals surface area contributed by atoms with E-state index in [4.69, 9.17) is 20.3 Å². The number of hydrogen-bond donors (Lipinski definition) is 3. The third-order valence-electron chi connectivity index (χ3n) is 4.57. The number of cyclic esters (lactones) is 1. The highest BCUT2D eigenvalue weighted by Gasteiger charge is 2.36. The van der Waals surface area contributed by atoms with E-state index in [1.165, 1.54) is 0 Å². The number of hydrogen-bond acceptors (Lipinski definition) is 6. The first-order chi connectivity index (χ1) is 11.1. The minimum absolute atomic E-state index is 0. The van der Waals surface area contributed by atoms with Crippen molar-refractivity contribution < 1.29 is 34.1 Å². The molecule has 1 heterocycles. The van der Waals surface area contributed by atoms with Gasteiger partial charge in [-0.15, -0.1) is 12.4 Å². The molecule has 6 atom stereocenters. The Bertz CT molecular complexity index is 473. The van der Waals surface area contributed by atoms with Crippen LogP contribution in [0.5, 0.6) is 0 Å². The van der Waals surface area contributed by atoms with Crippen LogP contribution in [-0.4, -0.2) is 53.5 Å². The fraction of sp³-hybridized carbons (Fsp3) is 0.812. The smallest absolute Gasteiger partial charge is 0.325 e. The van der Waals surface area contributed by atoms with Crippen molar-refractivity contribution in [1.29, 1.82) is 0 Å². The van der Waals surface area contributed by atoms with E-state index in [1.807, 2.05) is 0 Å². The van der Waals surface area contributed by atoms with E-state index in [0.717, 1.165) is 0 Å². The quantitative estimate of drug-likeness (QED) is 0.583. The molecule has 1 saturated heterocycles. The molecule has 1 aliphatic rings. The zero-order valence-corrected chi connectivity index (χ0v) is 15.5. The maximum atomic E-state index is 11.9. The molecule has 0 aliphatic carbocycles. The third-order valence-corrected chi connectivity index (χ3v) is 4.57. The summed E-state index contributed by atoms with van der Waals surface area (Å²) in [5.74, 6) is -4.30. The van der Waals surface area contributed by atoms with Crippen LogP contribution in [0.15, 0.2) is 0 Å². The average molecular weight is 382 g/mol. The molecule has 9 heteroatoms. The Morgan fingerprint density at radius 3 is 2.20 bits per heavy atom. The van der Waals surface area contributed by atoms with Crippen LogP contribution < -0.4 is 5.73 Å². The van der Waals surface area contributed by atoms with Crippen LogP contribution in [0, 0.1) is 23.7 Å². The number of nitrogens with two attached hydrogens (primary N) is 1. The van der Waals surface area contributed by atoms with E-state index in [-0.39, 0.29) is 43.9 Å². The van der Waals surface area contributed by atoms with Crippen molar-refractivity contribution in [1.82, 2.24) is 0 Å². The Morgan fingerprint density at radius 2 is 1.68 bits per heavy atom. The van der Waals surface area contributed by atoms with Crippen molar-refractivity contribution in [3.05, 3.63) is 0 Å². The number of carboxylic acids is 2. The molecule has 4 N–H and O–H groups in total. The number of rotatable bonds is 6. The summed E-state index contributed by atoms with van der Waals surface area (Å²) >= 11 is 0. The van der Waals surface area contributed by atoms with E-state index < -0.39 is 41.9 Å². The van der Waals surface area contributed by atoms with Gasteiger partial charge in [0, 0.05) is 12.5 Å². The molecule has 1 rings (SSSR count). The van der Waals surface area contributed by atoms with Crippen molar-refractivity contribution in [2.75, 3.05) is 13.2 Å². The average Bonchev–Trinajstić information content (AvgIpc) is 2.53. The molecule has 8 nitrogen and oxygen atoms in total. The molecular formula is C16H28ClNO7. The summed E-state index contributed by atoms with van der Waals surface area (Å²) in [6, 6.07) is -0.902. The Hall–Kier alpha value is -1.38. The third kappa shape index (κ3) is 7.17. The molecule has 0 aromatic rings.